The first-order valence-electron chi connectivity index (χ1n) is 39.7. The van der Waals surface area contributed by atoms with Crippen LogP contribution >= 0.6 is 11.8 Å². The molecule has 11 rings (SSSR count). The van der Waals surface area contributed by atoms with Crippen molar-refractivity contribution in [1.82, 2.24) is 91.5 Å². The number of rotatable bonds is 28. The number of carbonyl (C=O) groups excluding carboxylic acids is 17. The van der Waals surface area contributed by atoms with Crippen LogP contribution < -0.4 is 42.5 Å². The summed E-state index contributed by atoms with van der Waals surface area (Å²) in [5, 5.41) is 82.6. The fourth-order valence-electron chi connectivity index (χ4n) is 18.0. The lowest BCUT2D eigenvalue weighted by Crippen LogP contribution is -2.57. The van der Waals surface area contributed by atoms with E-state index < -0.39 is 243 Å². The first-order chi connectivity index (χ1) is 54.9. The Balaban J connectivity index is 0.615. The van der Waals surface area contributed by atoms with E-state index in [-0.39, 0.29) is 142 Å². The molecule has 0 spiro atoms. The van der Waals surface area contributed by atoms with E-state index in [1.165, 1.54) is 41.2 Å². The zero-order chi connectivity index (χ0) is 82.8. The zero-order valence-corrected chi connectivity index (χ0v) is 65.0. The number of carbonyl (C=O) groups is 18. The SMILES string of the molecule is CSCC[C@H](NC(=O)CNC(=O)[C@@H]1CCCN1C(=O)[C@@H]1C[C@@H](O)CN1C(=O)CNC(=O)[C@@H]1CCCN1C(=O)[C@@H]1C[C@@H](O)CN1C(=O)CNC(=O)[C@@H]1CCCN1C(=O)[C@@H]1C[C@@H](O)CN1C(=O)CNC(=O)[C@@H]1CCCN1C(=O)[C@@H]1C[C@@H](O)CN1)C(=O)N1CCC[C@H]1C(=O)NCC(=O)N1C[C@H](O)C[C@H]1C(=O)N1CCC[C@H]1C(=O)NCC(=O)O. The van der Waals surface area contributed by atoms with Crippen molar-refractivity contribution in [2.24, 2.45) is 0 Å². The number of β-amino-alcohol motifs (C(OH)–C–C–N with tert-alkyl or cyclic N) is 5. The normalized spacial score (nSPS) is 29.4. The second kappa shape index (κ2) is 38.6. The first-order valence-corrected chi connectivity index (χ1v) is 41.1. The van der Waals surface area contributed by atoms with Crippen molar-refractivity contribution >= 4 is 118 Å². The maximum atomic E-state index is 14.4. The van der Waals surface area contributed by atoms with Crippen molar-refractivity contribution in [2.45, 2.75) is 219 Å². The smallest absolute Gasteiger partial charge is 0.322 e. The molecule has 17 amide bonds. The van der Waals surface area contributed by atoms with Gasteiger partial charge in [-0.2, -0.15) is 11.8 Å². The van der Waals surface area contributed by atoms with Crippen LogP contribution in [-0.2, 0) is 86.3 Å². The summed E-state index contributed by atoms with van der Waals surface area (Å²) in [4.78, 5) is 258. The zero-order valence-electron chi connectivity index (χ0n) is 64.2. The molecule has 115 heavy (non-hydrogen) atoms. The quantitative estimate of drug-likeness (QED) is 0.0346. The number of carboxylic acids is 1. The fourth-order valence-corrected chi connectivity index (χ4v) is 18.5. The molecule has 43 heteroatoms. The number of hydrogen-bond acceptors (Lipinski definition) is 25. The van der Waals surface area contributed by atoms with E-state index in [0.29, 0.717) is 57.2 Å². The first kappa shape index (κ1) is 86.4. The number of aliphatic carboxylic acids is 1. The molecule has 0 radical (unpaired) electrons. The summed E-state index contributed by atoms with van der Waals surface area (Å²) < 4.78 is 0. The number of carboxylic acid groups (broad SMARTS) is 1. The highest BCUT2D eigenvalue weighted by Crippen LogP contribution is 2.32. The van der Waals surface area contributed by atoms with Gasteiger partial charge in [0, 0.05) is 97.7 Å². The van der Waals surface area contributed by atoms with E-state index in [1.54, 1.807) is 6.26 Å². The minimum Gasteiger partial charge on any atom is -0.480 e. The van der Waals surface area contributed by atoms with Gasteiger partial charge in [-0.25, -0.2) is 0 Å². The van der Waals surface area contributed by atoms with Crippen molar-refractivity contribution in [3.05, 3.63) is 0 Å². The van der Waals surface area contributed by atoms with Crippen LogP contribution in [0.25, 0.3) is 0 Å². The molecule has 17 atom stereocenters. The Labute approximate surface area is 665 Å². The van der Waals surface area contributed by atoms with E-state index in [2.05, 4.69) is 42.5 Å². The number of nitrogens with zero attached hydrogens (tertiary/aromatic N) is 10. The number of likely N-dealkylation sites (tertiary alicyclic amines) is 10. The topological polar surface area (TPSA) is 557 Å². The van der Waals surface area contributed by atoms with Gasteiger partial charge < -0.3 is 122 Å². The van der Waals surface area contributed by atoms with Crippen LogP contribution in [0.1, 0.15) is 116 Å². The second-order valence-electron chi connectivity index (χ2n) is 31.4. The Hall–Kier alpha value is -9.43. The Morgan fingerprint density at radius 1 is 0.348 bits per heavy atom. The number of hydrogen-bond donors (Lipinski definition) is 14. The lowest BCUT2D eigenvalue weighted by atomic mass is 10.1. The van der Waals surface area contributed by atoms with E-state index in [4.69, 9.17) is 5.11 Å². The number of aliphatic hydroxyl groups is 5. The van der Waals surface area contributed by atoms with Crippen molar-refractivity contribution in [1.29, 1.82) is 0 Å². The number of thioether (sulfide) groups is 1. The summed E-state index contributed by atoms with van der Waals surface area (Å²) in [6.07, 6.45) is -0.239. The van der Waals surface area contributed by atoms with Crippen LogP contribution in [0.15, 0.2) is 0 Å². The van der Waals surface area contributed by atoms with Crippen molar-refractivity contribution in [3.8, 4) is 0 Å². The van der Waals surface area contributed by atoms with E-state index in [9.17, 15) is 112 Å². The van der Waals surface area contributed by atoms with Gasteiger partial charge in [0.25, 0.3) is 0 Å². The molecule has 0 bridgehead atoms. The van der Waals surface area contributed by atoms with Gasteiger partial charge in [0.1, 0.15) is 73.0 Å². The van der Waals surface area contributed by atoms with E-state index >= 15 is 0 Å². The van der Waals surface area contributed by atoms with E-state index in [0.717, 1.165) is 19.6 Å². The van der Waals surface area contributed by atoms with Gasteiger partial charge in [-0.3, -0.25) is 86.3 Å². The second-order valence-corrected chi connectivity index (χ2v) is 32.4. The lowest BCUT2D eigenvalue weighted by molar-refractivity contribution is -0.148. The largest absolute Gasteiger partial charge is 0.480 e. The van der Waals surface area contributed by atoms with Crippen molar-refractivity contribution in [2.75, 3.05) is 123 Å². The van der Waals surface area contributed by atoms with Gasteiger partial charge in [-0.1, -0.05) is 0 Å². The lowest BCUT2D eigenvalue weighted by Gasteiger charge is -2.32. The average molecular weight is 1640 g/mol. The molecule has 11 aliphatic heterocycles. The summed E-state index contributed by atoms with van der Waals surface area (Å²) in [5.41, 5.74) is 0. The molecule has 0 unspecified atom stereocenters. The minimum atomic E-state index is -1.29. The predicted molar refractivity (Wildman–Crippen MR) is 396 cm³/mol. The van der Waals surface area contributed by atoms with Gasteiger partial charge in [0.2, 0.25) is 100 Å². The molecular weight excluding hydrogens is 1530 g/mol. The number of aliphatic hydroxyl groups excluding tert-OH is 5. The molecule has 0 aromatic carbocycles. The molecule has 0 aromatic heterocycles. The van der Waals surface area contributed by atoms with Crippen LogP contribution in [0, 0.1) is 0 Å². The average Bonchev–Trinajstić information content (AvgIpc) is 1.67. The highest BCUT2D eigenvalue weighted by molar-refractivity contribution is 7.98. The van der Waals surface area contributed by atoms with Crippen LogP contribution in [0.4, 0.5) is 0 Å². The van der Waals surface area contributed by atoms with Gasteiger partial charge in [-0.05, 0) is 102 Å². The molecule has 11 heterocycles. The Morgan fingerprint density at radius 2 is 0.626 bits per heavy atom. The monoisotopic (exact) mass is 1640 g/mol. The molecule has 14 N–H and O–H groups in total. The summed E-state index contributed by atoms with van der Waals surface area (Å²) >= 11 is 1.38. The third kappa shape index (κ3) is 20.2. The summed E-state index contributed by atoms with van der Waals surface area (Å²) in [5.74, 6) is -12.4. The summed E-state index contributed by atoms with van der Waals surface area (Å²) in [7, 11) is 0. The molecular formula is C72H106N18O24S. The fraction of sp³-hybridized carbons (Fsp3) is 0.750. The summed E-state index contributed by atoms with van der Waals surface area (Å²) in [6.45, 7) is -3.88. The van der Waals surface area contributed by atoms with E-state index in [1.807, 2.05) is 0 Å². The Kier molecular flexibility index (Phi) is 29.0. The third-order valence-electron chi connectivity index (χ3n) is 23.7. The van der Waals surface area contributed by atoms with Crippen LogP contribution in [0.5, 0.6) is 0 Å². The molecule has 11 fully saturated rings. The predicted octanol–water partition coefficient (Wildman–Crippen LogP) is -10.5. The van der Waals surface area contributed by atoms with Gasteiger partial charge in [-0.15, -0.1) is 0 Å². The number of nitrogens with one attached hydrogen (secondary N) is 8. The van der Waals surface area contributed by atoms with Crippen molar-refractivity contribution < 1.29 is 117 Å². The van der Waals surface area contributed by atoms with Crippen LogP contribution in [-0.4, -0.2) is 412 Å². The highest BCUT2D eigenvalue weighted by atomic mass is 32.2. The molecule has 11 aliphatic rings. The molecule has 0 aromatic rings. The molecule has 42 nitrogen and oxygen atoms in total. The minimum absolute atomic E-state index is 0.0545. The number of amides is 17. The van der Waals surface area contributed by atoms with Gasteiger partial charge >= 0.3 is 5.97 Å². The molecule has 0 aliphatic carbocycles. The molecule has 11 saturated heterocycles. The molecule has 634 valence electrons. The Bertz CT molecular complexity index is 3770. The maximum Gasteiger partial charge on any atom is 0.322 e. The maximum absolute atomic E-state index is 14.4. The summed E-state index contributed by atoms with van der Waals surface area (Å²) in [6, 6.07) is -13.1. The van der Waals surface area contributed by atoms with Crippen LogP contribution in [0.2, 0.25) is 0 Å². The highest BCUT2D eigenvalue weighted by Gasteiger charge is 2.52. The standard InChI is InChI=1S/C72H106N18O24S/c1-115-21-14-43(67(109)81-15-2-8-45(81)62(104)75-29-56(97)90-37-42(95)26-54(90)72(114)86-20-7-13-50(86)66(108)79-33-60(101)102)80-55(96)28-74-61(103)47-10-4-17-83(47)69(111)51-23-39(92)34-87(51)58(99)31-77-64(106)49-12-6-19-85(49)71(113)53-25-41(94)36-89(53)59(100)32-78-65(107)48-11-5-18-84(48)70(112)52-24-40(93)35-88(52)57(98)30-76-63(105)46-9-3-16-82(46)68(110)44-22-38(91)27-73-44/h38-54,73,91-95H,2-37H2,1H3,(H,74,103)(H,75,104)(H,76,105)(H,77,106)(H,78,107)(H,79,108)(H,80,96)(H,101,102)/t38-,39-,40-,41-,42-,43+,44+,45+,46+,47+,48+,49+,50+,51+,52+,53+,54+/m1/s1. The van der Waals surface area contributed by atoms with Gasteiger partial charge in [0.05, 0.1) is 69.3 Å². The third-order valence-corrected chi connectivity index (χ3v) is 24.4. The van der Waals surface area contributed by atoms with Crippen molar-refractivity contribution in [3.63, 3.8) is 0 Å². The molecule has 0 saturated carbocycles. The van der Waals surface area contributed by atoms with Crippen LogP contribution in [0.3, 0.4) is 0 Å². The van der Waals surface area contributed by atoms with Gasteiger partial charge in [0.15, 0.2) is 0 Å². The Morgan fingerprint density at radius 3 is 0.913 bits per heavy atom.